The maximum absolute atomic E-state index is 12.4. The molecule has 1 aromatic carbocycles. The number of nitrogens with zero attached hydrogens (tertiary/aromatic N) is 1. The van der Waals surface area contributed by atoms with Crippen LogP contribution in [0.3, 0.4) is 0 Å². The molecule has 1 aliphatic rings. The van der Waals surface area contributed by atoms with Crippen LogP contribution in [0.4, 0.5) is 0 Å². The quantitative estimate of drug-likeness (QED) is 0.880. The highest BCUT2D eigenvalue weighted by atomic mass is 16.3. The molecule has 2 unspecified atom stereocenters. The van der Waals surface area contributed by atoms with Crippen LogP contribution in [0, 0.1) is 0 Å². The van der Waals surface area contributed by atoms with E-state index in [1.807, 2.05) is 30.3 Å². The number of amides is 1. The third kappa shape index (κ3) is 2.51. The molecule has 1 fully saturated rings. The fourth-order valence-corrected chi connectivity index (χ4v) is 2.82. The predicted molar refractivity (Wildman–Crippen MR) is 77.5 cm³/mol. The number of nitrogens with one attached hydrogen (secondary N) is 1. The lowest BCUT2D eigenvalue weighted by atomic mass is 9.92. The second kappa shape index (κ2) is 5.59. The average Bonchev–Trinajstić information content (AvgIpc) is 2.49. The molecule has 1 amide bonds. The normalized spacial score (nSPS) is 22.6. The number of hydrogen-bond donors (Lipinski definition) is 2. The van der Waals surface area contributed by atoms with E-state index in [4.69, 9.17) is 0 Å². The van der Waals surface area contributed by atoms with Gasteiger partial charge in [0, 0.05) is 11.6 Å². The van der Waals surface area contributed by atoms with Gasteiger partial charge in [0.25, 0.3) is 5.91 Å². The zero-order valence-corrected chi connectivity index (χ0v) is 11.2. The van der Waals surface area contributed by atoms with Crippen LogP contribution in [0.25, 0.3) is 10.8 Å². The number of pyridine rings is 1. The van der Waals surface area contributed by atoms with Gasteiger partial charge in [0.1, 0.15) is 5.69 Å². The molecule has 0 radical (unpaired) electrons. The molecule has 0 aliphatic heterocycles. The molecule has 20 heavy (non-hydrogen) atoms. The third-order valence-electron chi connectivity index (χ3n) is 3.93. The van der Waals surface area contributed by atoms with Gasteiger partial charge in [0.2, 0.25) is 0 Å². The van der Waals surface area contributed by atoms with E-state index in [0.717, 1.165) is 36.5 Å². The smallest absolute Gasteiger partial charge is 0.270 e. The zero-order valence-electron chi connectivity index (χ0n) is 11.2. The third-order valence-corrected chi connectivity index (χ3v) is 3.93. The van der Waals surface area contributed by atoms with Gasteiger partial charge in [-0.25, -0.2) is 0 Å². The predicted octanol–water partition coefficient (Wildman–Crippen LogP) is 2.27. The molecular formula is C16H18N2O2. The molecule has 0 saturated heterocycles. The maximum Gasteiger partial charge on any atom is 0.270 e. The number of aromatic nitrogens is 1. The van der Waals surface area contributed by atoms with Crippen LogP contribution in [0.15, 0.2) is 36.5 Å². The Kier molecular flexibility index (Phi) is 3.65. The van der Waals surface area contributed by atoms with Gasteiger partial charge in [-0.3, -0.25) is 9.78 Å². The number of benzene rings is 1. The molecule has 1 saturated carbocycles. The first-order valence-corrected chi connectivity index (χ1v) is 7.08. The van der Waals surface area contributed by atoms with Crippen LogP contribution in [-0.4, -0.2) is 28.1 Å². The number of aliphatic hydroxyl groups excluding tert-OH is 1. The van der Waals surface area contributed by atoms with Crippen molar-refractivity contribution in [2.75, 3.05) is 0 Å². The van der Waals surface area contributed by atoms with Gasteiger partial charge in [-0.15, -0.1) is 0 Å². The van der Waals surface area contributed by atoms with Crippen molar-refractivity contribution in [1.29, 1.82) is 0 Å². The van der Waals surface area contributed by atoms with E-state index in [-0.39, 0.29) is 11.9 Å². The van der Waals surface area contributed by atoms with Gasteiger partial charge < -0.3 is 10.4 Å². The summed E-state index contributed by atoms with van der Waals surface area (Å²) in [4.78, 5) is 16.6. The number of carbonyl (C=O) groups is 1. The van der Waals surface area contributed by atoms with Crippen molar-refractivity contribution in [1.82, 2.24) is 10.3 Å². The van der Waals surface area contributed by atoms with Crippen molar-refractivity contribution in [3.05, 3.63) is 42.2 Å². The minimum Gasteiger partial charge on any atom is -0.391 e. The Labute approximate surface area is 117 Å². The topological polar surface area (TPSA) is 62.2 Å². The first-order valence-electron chi connectivity index (χ1n) is 7.08. The second-order valence-corrected chi connectivity index (χ2v) is 5.31. The summed E-state index contributed by atoms with van der Waals surface area (Å²) in [5.74, 6) is -0.201. The largest absolute Gasteiger partial charge is 0.391 e. The van der Waals surface area contributed by atoms with Crippen molar-refractivity contribution < 1.29 is 9.90 Å². The summed E-state index contributed by atoms with van der Waals surface area (Å²) < 4.78 is 0. The Hall–Kier alpha value is -1.94. The number of aliphatic hydroxyl groups is 1. The zero-order chi connectivity index (χ0) is 13.9. The van der Waals surface area contributed by atoms with Crippen molar-refractivity contribution in [3.8, 4) is 0 Å². The Morgan fingerprint density at radius 3 is 2.85 bits per heavy atom. The molecule has 2 N–H and O–H groups in total. The summed E-state index contributed by atoms with van der Waals surface area (Å²) in [5.41, 5.74) is 0.431. The lowest BCUT2D eigenvalue weighted by Gasteiger charge is -2.28. The van der Waals surface area contributed by atoms with E-state index in [9.17, 15) is 9.90 Å². The van der Waals surface area contributed by atoms with Crippen LogP contribution in [0.1, 0.15) is 36.2 Å². The van der Waals surface area contributed by atoms with E-state index < -0.39 is 6.10 Å². The molecule has 2 aromatic rings. The van der Waals surface area contributed by atoms with Gasteiger partial charge in [-0.1, -0.05) is 37.1 Å². The highest BCUT2D eigenvalue weighted by Gasteiger charge is 2.25. The fraction of sp³-hybridized carbons (Fsp3) is 0.375. The van der Waals surface area contributed by atoms with Crippen LogP contribution in [-0.2, 0) is 0 Å². The minimum atomic E-state index is -0.442. The molecular weight excluding hydrogens is 252 g/mol. The molecule has 4 nitrogen and oxygen atoms in total. The van der Waals surface area contributed by atoms with Gasteiger partial charge in [0.15, 0.2) is 0 Å². The number of carbonyl (C=O) groups excluding carboxylic acids is 1. The highest BCUT2D eigenvalue weighted by Crippen LogP contribution is 2.20. The van der Waals surface area contributed by atoms with E-state index in [1.54, 1.807) is 6.20 Å². The number of hydrogen-bond acceptors (Lipinski definition) is 3. The van der Waals surface area contributed by atoms with Crippen LogP contribution >= 0.6 is 0 Å². The monoisotopic (exact) mass is 270 g/mol. The Morgan fingerprint density at radius 2 is 2.00 bits per heavy atom. The Morgan fingerprint density at radius 1 is 1.20 bits per heavy atom. The molecule has 104 valence electrons. The second-order valence-electron chi connectivity index (χ2n) is 5.31. The molecule has 1 aliphatic carbocycles. The summed E-state index contributed by atoms with van der Waals surface area (Å²) in [5, 5.41) is 14.7. The molecule has 1 aromatic heterocycles. The van der Waals surface area contributed by atoms with Crippen molar-refractivity contribution in [2.24, 2.45) is 0 Å². The van der Waals surface area contributed by atoms with Gasteiger partial charge in [-0.05, 0) is 24.3 Å². The number of rotatable bonds is 2. The summed E-state index contributed by atoms with van der Waals surface area (Å²) in [6.45, 7) is 0. The Balaban J connectivity index is 1.85. The average molecular weight is 270 g/mol. The minimum absolute atomic E-state index is 0.156. The van der Waals surface area contributed by atoms with Gasteiger partial charge in [-0.2, -0.15) is 0 Å². The highest BCUT2D eigenvalue weighted by molar-refractivity contribution is 6.05. The van der Waals surface area contributed by atoms with Crippen molar-refractivity contribution >= 4 is 16.7 Å². The summed E-state index contributed by atoms with van der Waals surface area (Å²) in [6.07, 6.45) is 4.87. The summed E-state index contributed by atoms with van der Waals surface area (Å²) in [6, 6.07) is 9.43. The number of fused-ring (bicyclic) bond motifs is 1. The van der Waals surface area contributed by atoms with E-state index >= 15 is 0 Å². The van der Waals surface area contributed by atoms with Crippen LogP contribution in [0.5, 0.6) is 0 Å². The summed E-state index contributed by atoms with van der Waals surface area (Å²) in [7, 11) is 0. The molecule has 0 spiro atoms. The molecule has 2 atom stereocenters. The van der Waals surface area contributed by atoms with E-state index in [2.05, 4.69) is 10.3 Å². The maximum atomic E-state index is 12.4. The molecule has 0 bridgehead atoms. The summed E-state index contributed by atoms with van der Waals surface area (Å²) >= 11 is 0. The molecule has 4 heteroatoms. The fourth-order valence-electron chi connectivity index (χ4n) is 2.82. The Bertz CT molecular complexity index is 621. The van der Waals surface area contributed by atoms with Crippen molar-refractivity contribution in [3.63, 3.8) is 0 Å². The lowest BCUT2D eigenvalue weighted by Crippen LogP contribution is -2.45. The SMILES string of the molecule is O=C(NC1CCCCC1O)c1nccc2ccccc12. The standard InChI is InChI=1S/C16H18N2O2/c19-14-8-4-3-7-13(14)18-16(20)15-12-6-2-1-5-11(12)9-10-17-15/h1-2,5-6,9-10,13-14,19H,3-4,7-8H2,(H,18,20). The molecule has 1 heterocycles. The molecule has 3 rings (SSSR count). The van der Waals surface area contributed by atoms with Gasteiger partial charge in [0.05, 0.1) is 12.1 Å². The first kappa shape index (κ1) is 13.1. The van der Waals surface area contributed by atoms with Gasteiger partial charge >= 0.3 is 0 Å². The van der Waals surface area contributed by atoms with Crippen LogP contribution in [0.2, 0.25) is 0 Å². The first-order chi connectivity index (χ1) is 9.75. The van der Waals surface area contributed by atoms with Crippen molar-refractivity contribution in [2.45, 2.75) is 37.8 Å². The van der Waals surface area contributed by atoms with Crippen LogP contribution < -0.4 is 5.32 Å². The van der Waals surface area contributed by atoms with E-state index in [1.165, 1.54) is 0 Å². The van der Waals surface area contributed by atoms with E-state index in [0.29, 0.717) is 5.69 Å². The lowest BCUT2D eigenvalue weighted by molar-refractivity contribution is 0.0715.